The van der Waals surface area contributed by atoms with Crippen molar-refractivity contribution in [3.8, 4) is 11.5 Å². The minimum atomic E-state index is -0.874. The van der Waals surface area contributed by atoms with Gasteiger partial charge in [0.15, 0.2) is 17.6 Å². The van der Waals surface area contributed by atoms with Crippen LogP contribution in [0.15, 0.2) is 24.3 Å². The molecule has 0 saturated heterocycles. The molecule has 0 aliphatic rings. The molecule has 0 aliphatic carbocycles. The van der Waals surface area contributed by atoms with Crippen LogP contribution in [0.2, 0.25) is 0 Å². The van der Waals surface area contributed by atoms with Gasteiger partial charge in [-0.15, -0.1) is 0 Å². The fourth-order valence-corrected chi connectivity index (χ4v) is 2.21. The van der Waals surface area contributed by atoms with E-state index in [1.54, 1.807) is 12.1 Å². The second-order valence-electron chi connectivity index (χ2n) is 6.19. The van der Waals surface area contributed by atoms with Gasteiger partial charge in [-0.25, -0.2) is 4.79 Å². The van der Waals surface area contributed by atoms with Crippen LogP contribution in [0.5, 0.6) is 11.5 Å². The molecule has 1 aromatic carbocycles. The summed E-state index contributed by atoms with van der Waals surface area (Å²) in [6.45, 7) is 3.26. The van der Waals surface area contributed by atoms with Gasteiger partial charge in [-0.3, -0.25) is 9.59 Å². The van der Waals surface area contributed by atoms with Gasteiger partial charge in [0, 0.05) is 18.9 Å². The topological polar surface area (TPSA) is 108 Å². The highest BCUT2D eigenvalue weighted by molar-refractivity contribution is 5.87. The van der Waals surface area contributed by atoms with E-state index in [-0.39, 0.29) is 37.6 Å². The lowest BCUT2D eigenvalue weighted by molar-refractivity contribution is -0.165. The molecule has 29 heavy (non-hydrogen) atoms. The number of carbonyl (C=O) groups excluding carboxylic acids is 3. The molecule has 0 amide bonds. The summed E-state index contributed by atoms with van der Waals surface area (Å²) in [5.41, 5.74) is 0.621. The van der Waals surface area contributed by atoms with E-state index in [9.17, 15) is 19.5 Å². The zero-order valence-electron chi connectivity index (χ0n) is 17.0. The Balaban J connectivity index is 2.62. The van der Waals surface area contributed by atoms with Crippen molar-refractivity contribution in [2.75, 3.05) is 20.3 Å². The lowest BCUT2D eigenvalue weighted by Gasteiger charge is -2.17. The highest BCUT2D eigenvalue weighted by Crippen LogP contribution is 2.26. The van der Waals surface area contributed by atoms with E-state index in [2.05, 4.69) is 0 Å². The Labute approximate surface area is 170 Å². The Morgan fingerprint density at radius 2 is 1.69 bits per heavy atom. The molecule has 160 valence electrons. The van der Waals surface area contributed by atoms with E-state index >= 15 is 0 Å². The molecule has 1 unspecified atom stereocenters. The van der Waals surface area contributed by atoms with Crippen LogP contribution < -0.4 is 4.74 Å². The van der Waals surface area contributed by atoms with Gasteiger partial charge >= 0.3 is 17.9 Å². The molecule has 0 aromatic heterocycles. The maximum absolute atomic E-state index is 12.0. The minimum absolute atomic E-state index is 0.0124. The van der Waals surface area contributed by atoms with Crippen molar-refractivity contribution in [1.29, 1.82) is 0 Å². The van der Waals surface area contributed by atoms with Gasteiger partial charge in [0.05, 0.1) is 7.11 Å². The van der Waals surface area contributed by atoms with Crippen molar-refractivity contribution in [3.63, 3.8) is 0 Å². The molecule has 0 bridgehead atoms. The SMILES string of the molecule is CCCC(=O)OCC(COC(=O)/C=C/c1ccc(O)c(OC)c1)OC(=O)CCC. The smallest absolute Gasteiger partial charge is 0.330 e. The van der Waals surface area contributed by atoms with Crippen LogP contribution in [0.3, 0.4) is 0 Å². The van der Waals surface area contributed by atoms with Crippen molar-refractivity contribution in [2.24, 2.45) is 0 Å². The molecule has 0 heterocycles. The van der Waals surface area contributed by atoms with Crippen LogP contribution in [-0.2, 0) is 28.6 Å². The van der Waals surface area contributed by atoms with Crippen LogP contribution in [0.25, 0.3) is 6.08 Å². The van der Waals surface area contributed by atoms with Crippen LogP contribution >= 0.6 is 0 Å². The Hall–Kier alpha value is -3.03. The molecule has 1 N–H and O–H groups in total. The molecule has 1 rings (SSSR count). The van der Waals surface area contributed by atoms with E-state index in [1.165, 1.54) is 25.3 Å². The first-order chi connectivity index (χ1) is 13.9. The van der Waals surface area contributed by atoms with E-state index in [0.717, 1.165) is 0 Å². The number of aromatic hydroxyl groups is 1. The average molecular weight is 408 g/mol. The van der Waals surface area contributed by atoms with Crippen molar-refractivity contribution >= 4 is 24.0 Å². The number of rotatable bonds is 12. The number of ether oxygens (including phenoxy) is 4. The highest BCUT2D eigenvalue weighted by atomic mass is 16.6. The number of phenols is 1. The molecular weight excluding hydrogens is 380 g/mol. The summed E-state index contributed by atoms with van der Waals surface area (Å²) in [4.78, 5) is 35.2. The molecule has 8 heteroatoms. The third-order valence-electron chi connectivity index (χ3n) is 3.66. The number of phenolic OH excluding ortho intramolecular Hbond substituents is 1. The summed E-state index contributed by atoms with van der Waals surface area (Å²) in [6.07, 6.45) is 3.54. The van der Waals surface area contributed by atoms with Crippen LogP contribution in [-0.4, -0.2) is 49.4 Å². The predicted molar refractivity (Wildman–Crippen MR) is 105 cm³/mol. The summed E-state index contributed by atoms with van der Waals surface area (Å²) in [5, 5.41) is 9.57. The van der Waals surface area contributed by atoms with Gasteiger partial charge < -0.3 is 24.1 Å². The maximum Gasteiger partial charge on any atom is 0.330 e. The maximum atomic E-state index is 12.0. The largest absolute Gasteiger partial charge is 0.504 e. The lowest BCUT2D eigenvalue weighted by atomic mass is 10.2. The van der Waals surface area contributed by atoms with Gasteiger partial charge in [0.25, 0.3) is 0 Å². The summed E-state index contributed by atoms with van der Waals surface area (Å²) in [5.74, 6) is -1.25. The Kier molecular flexibility index (Phi) is 10.9. The van der Waals surface area contributed by atoms with E-state index in [4.69, 9.17) is 18.9 Å². The van der Waals surface area contributed by atoms with Gasteiger partial charge in [-0.05, 0) is 36.6 Å². The zero-order chi connectivity index (χ0) is 21.6. The summed E-state index contributed by atoms with van der Waals surface area (Å²) >= 11 is 0. The summed E-state index contributed by atoms with van der Waals surface area (Å²) in [6, 6.07) is 4.60. The molecule has 0 spiro atoms. The number of esters is 3. The normalized spacial score (nSPS) is 11.7. The number of methoxy groups -OCH3 is 1. The van der Waals surface area contributed by atoms with Crippen LogP contribution in [0.4, 0.5) is 0 Å². The summed E-state index contributed by atoms with van der Waals surface area (Å²) < 4.78 is 20.4. The Morgan fingerprint density at radius 3 is 2.34 bits per heavy atom. The van der Waals surface area contributed by atoms with Crippen molar-refractivity contribution < 1.29 is 38.4 Å². The van der Waals surface area contributed by atoms with E-state index < -0.39 is 24.0 Å². The van der Waals surface area contributed by atoms with Crippen LogP contribution in [0.1, 0.15) is 45.1 Å². The number of carbonyl (C=O) groups is 3. The molecule has 1 atom stereocenters. The first kappa shape index (κ1) is 24.0. The molecular formula is C21H28O8. The third kappa shape index (κ3) is 9.64. The fraction of sp³-hybridized carbons (Fsp3) is 0.476. The molecule has 0 aliphatic heterocycles. The van der Waals surface area contributed by atoms with Gasteiger partial charge in [-0.2, -0.15) is 0 Å². The first-order valence-electron chi connectivity index (χ1n) is 9.46. The molecule has 0 radical (unpaired) electrons. The minimum Gasteiger partial charge on any atom is -0.504 e. The molecule has 8 nitrogen and oxygen atoms in total. The van der Waals surface area contributed by atoms with Gasteiger partial charge in [0.1, 0.15) is 13.2 Å². The molecule has 0 fully saturated rings. The predicted octanol–water partition coefficient (Wildman–Crippen LogP) is 3.01. The lowest BCUT2D eigenvalue weighted by Crippen LogP contribution is -2.30. The number of hydrogen-bond acceptors (Lipinski definition) is 8. The second kappa shape index (κ2) is 13.2. The molecule has 0 saturated carbocycles. The zero-order valence-corrected chi connectivity index (χ0v) is 17.0. The van der Waals surface area contributed by atoms with E-state index in [0.29, 0.717) is 18.4 Å². The Morgan fingerprint density at radius 1 is 1.03 bits per heavy atom. The monoisotopic (exact) mass is 408 g/mol. The van der Waals surface area contributed by atoms with Gasteiger partial charge in [-0.1, -0.05) is 19.9 Å². The quantitative estimate of drug-likeness (QED) is 0.319. The number of hydrogen-bond donors (Lipinski definition) is 1. The third-order valence-corrected chi connectivity index (χ3v) is 3.66. The first-order valence-corrected chi connectivity index (χ1v) is 9.46. The fourth-order valence-electron chi connectivity index (χ4n) is 2.21. The number of benzene rings is 1. The standard InChI is InChI=1S/C21H28O8/c1-4-6-19(23)27-13-16(29-21(25)7-5-2)14-28-20(24)11-9-15-8-10-17(22)18(12-15)26-3/h8-12,16,22H,4-7,13-14H2,1-3H3/b11-9+. The average Bonchev–Trinajstić information content (AvgIpc) is 2.69. The summed E-state index contributed by atoms with van der Waals surface area (Å²) in [7, 11) is 1.42. The van der Waals surface area contributed by atoms with Crippen molar-refractivity contribution in [2.45, 2.75) is 45.6 Å². The van der Waals surface area contributed by atoms with Gasteiger partial charge in [0.2, 0.25) is 0 Å². The van der Waals surface area contributed by atoms with Crippen molar-refractivity contribution in [3.05, 3.63) is 29.8 Å². The van der Waals surface area contributed by atoms with Crippen LogP contribution in [0, 0.1) is 0 Å². The highest BCUT2D eigenvalue weighted by Gasteiger charge is 2.18. The van der Waals surface area contributed by atoms with E-state index in [1.807, 2.05) is 13.8 Å². The second-order valence-corrected chi connectivity index (χ2v) is 6.19. The van der Waals surface area contributed by atoms with Crippen molar-refractivity contribution in [1.82, 2.24) is 0 Å². The molecule has 1 aromatic rings. The Bertz CT molecular complexity index is 711.